The van der Waals surface area contributed by atoms with Crippen molar-refractivity contribution in [3.8, 4) is 0 Å². The molecule has 32 heavy (non-hydrogen) atoms. The lowest BCUT2D eigenvalue weighted by Gasteiger charge is -2.24. The van der Waals surface area contributed by atoms with Crippen LogP contribution in [0.15, 0.2) is 64.8 Å². The Morgan fingerprint density at radius 2 is 1.75 bits per heavy atom. The minimum atomic E-state index is 0.498. The standard InChI is InChI=1S/C25H30ClN5S/c1-3-31(4-2)22-17-27-24(16-21(22)29-19-10-6-5-7-11-19)32-25-15-20(14-23(26)30-25)28-18-12-8-9-13-18/h5-7,10-11,14-18H,3-4,8-9,12-13H2,1-2H3,(H,27,29)(H,28,30). The highest BCUT2D eigenvalue weighted by atomic mass is 35.5. The van der Waals surface area contributed by atoms with E-state index in [9.17, 15) is 0 Å². The van der Waals surface area contributed by atoms with Crippen molar-refractivity contribution in [3.63, 3.8) is 0 Å². The molecule has 7 heteroatoms. The molecule has 1 fully saturated rings. The number of rotatable bonds is 9. The molecule has 0 spiro atoms. The first-order valence-electron chi connectivity index (χ1n) is 11.3. The van der Waals surface area contributed by atoms with Gasteiger partial charge >= 0.3 is 0 Å². The molecule has 0 amide bonds. The third-order valence-corrected chi connectivity index (χ3v) is 6.76. The van der Waals surface area contributed by atoms with Crippen molar-refractivity contribution in [2.24, 2.45) is 0 Å². The number of benzene rings is 1. The Balaban J connectivity index is 1.59. The fourth-order valence-corrected chi connectivity index (χ4v) is 5.18. The van der Waals surface area contributed by atoms with E-state index in [0.717, 1.165) is 45.9 Å². The summed E-state index contributed by atoms with van der Waals surface area (Å²) in [4.78, 5) is 11.6. The highest BCUT2D eigenvalue weighted by Crippen LogP contribution is 2.35. The van der Waals surface area contributed by atoms with Crippen LogP contribution >= 0.6 is 23.4 Å². The van der Waals surface area contributed by atoms with E-state index in [0.29, 0.717) is 11.2 Å². The predicted octanol–water partition coefficient (Wildman–Crippen LogP) is 7.23. The molecular formula is C25H30ClN5S. The molecule has 168 valence electrons. The topological polar surface area (TPSA) is 53.1 Å². The van der Waals surface area contributed by atoms with Crippen LogP contribution in [0.1, 0.15) is 39.5 Å². The molecule has 0 atom stereocenters. The van der Waals surface area contributed by atoms with Crippen LogP contribution < -0.4 is 15.5 Å². The minimum Gasteiger partial charge on any atom is -0.382 e. The predicted molar refractivity (Wildman–Crippen MR) is 137 cm³/mol. The highest BCUT2D eigenvalue weighted by Gasteiger charge is 2.16. The van der Waals surface area contributed by atoms with Gasteiger partial charge in [-0.05, 0) is 68.8 Å². The second-order valence-corrected chi connectivity index (χ2v) is 9.38. The summed E-state index contributed by atoms with van der Waals surface area (Å²) < 4.78 is 0. The lowest BCUT2D eigenvalue weighted by molar-refractivity contribution is 0.754. The molecule has 0 bridgehead atoms. The summed E-state index contributed by atoms with van der Waals surface area (Å²) in [5.41, 5.74) is 4.20. The van der Waals surface area contributed by atoms with Crippen LogP contribution in [0.5, 0.6) is 0 Å². The van der Waals surface area contributed by atoms with Crippen molar-refractivity contribution in [1.29, 1.82) is 0 Å². The lowest BCUT2D eigenvalue weighted by atomic mass is 10.2. The van der Waals surface area contributed by atoms with Gasteiger partial charge in [0.15, 0.2) is 0 Å². The number of halogens is 1. The second kappa shape index (κ2) is 10.9. The summed E-state index contributed by atoms with van der Waals surface area (Å²) >= 11 is 7.87. The number of nitrogens with zero attached hydrogens (tertiary/aromatic N) is 3. The molecule has 5 nitrogen and oxygen atoms in total. The van der Waals surface area contributed by atoms with Gasteiger partial charge in [0.25, 0.3) is 0 Å². The number of pyridine rings is 2. The maximum Gasteiger partial charge on any atom is 0.132 e. The molecule has 1 saturated carbocycles. The van der Waals surface area contributed by atoms with Crippen molar-refractivity contribution in [2.75, 3.05) is 28.6 Å². The molecule has 2 aromatic heterocycles. The van der Waals surface area contributed by atoms with Gasteiger partial charge in [0.1, 0.15) is 15.2 Å². The molecular weight excluding hydrogens is 438 g/mol. The molecule has 0 unspecified atom stereocenters. The second-order valence-electron chi connectivity index (χ2n) is 7.95. The van der Waals surface area contributed by atoms with E-state index in [1.807, 2.05) is 30.5 Å². The van der Waals surface area contributed by atoms with Crippen LogP contribution in [0, 0.1) is 0 Å². The number of hydrogen-bond acceptors (Lipinski definition) is 6. The quantitative estimate of drug-likeness (QED) is 0.324. The van der Waals surface area contributed by atoms with Crippen LogP contribution in [-0.4, -0.2) is 29.1 Å². The van der Waals surface area contributed by atoms with E-state index < -0.39 is 0 Å². The van der Waals surface area contributed by atoms with Gasteiger partial charge in [-0.1, -0.05) is 42.6 Å². The van der Waals surface area contributed by atoms with E-state index >= 15 is 0 Å². The van der Waals surface area contributed by atoms with Gasteiger partial charge in [-0.2, -0.15) is 0 Å². The van der Waals surface area contributed by atoms with Gasteiger partial charge in [-0.15, -0.1) is 0 Å². The first-order valence-corrected chi connectivity index (χ1v) is 12.5. The van der Waals surface area contributed by atoms with E-state index in [1.54, 1.807) is 0 Å². The van der Waals surface area contributed by atoms with E-state index in [2.05, 4.69) is 58.6 Å². The first kappa shape index (κ1) is 22.7. The first-order chi connectivity index (χ1) is 15.6. The summed E-state index contributed by atoms with van der Waals surface area (Å²) in [6.45, 7) is 6.15. The third-order valence-electron chi connectivity index (χ3n) is 5.72. The molecule has 4 rings (SSSR count). The molecule has 1 aromatic carbocycles. The number of aromatic nitrogens is 2. The van der Waals surface area contributed by atoms with Gasteiger partial charge in [-0.25, -0.2) is 9.97 Å². The zero-order valence-corrected chi connectivity index (χ0v) is 20.2. The van der Waals surface area contributed by atoms with Gasteiger partial charge in [-0.3, -0.25) is 0 Å². The van der Waals surface area contributed by atoms with E-state index in [-0.39, 0.29) is 0 Å². The maximum absolute atomic E-state index is 6.34. The Morgan fingerprint density at radius 1 is 1.00 bits per heavy atom. The summed E-state index contributed by atoms with van der Waals surface area (Å²) in [6.07, 6.45) is 6.95. The van der Waals surface area contributed by atoms with Crippen molar-refractivity contribution in [3.05, 3.63) is 59.9 Å². The highest BCUT2D eigenvalue weighted by molar-refractivity contribution is 7.99. The Kier molecular flexibility index (Phi) is 7.76. The average molecular weight is 468 g/mol. The third kappa shape index (κ3) is 5.87. The number of nitrogens with one attached hydrogen (secondary N) is 2. The van der Waals surface area contributed by atoms with Crippen LogP contribution in [-0.2, 0) is 0 Å². The molecule has 1 aliphatic rings. The Bertz CT molecular complexity index is 1020. The average Bonchev–Trinajstić information content (AvgIpc) is 3.29. The lowest BCUT2D eigenvalue weighted by Crippen LogP contribution is -2.23. The molecule has 0 saturated heterocycles. The molecule has 3 aromatic rings. The van der Waals surface area contributed by atoms with Crippen molar-refractivity contribution >= 4 is 46.1 Å². The SMILES string of the molecule is CCN(CC)c1cnc(Sc2cc(NC3CCCC3)cc(Cl)n2)cc1Nc1ccccc1. The normalized spacial score (nSPS) is 13.8. The van der Waals surface area contributed by atoms with Gasteiger partial charge in [0, 0.05) is 30.5 Å². The summed E-state index contributed by atoms with van der Waals surface area (Å²) in [6, 6.07) is 16.8. The van der Waals surface area contributed by atoms with Gasteiger partial charge in [0.05, 0.1) is 17.6 Å². The van der Waals surface area contributed by atoms with Gasteiger partial charge in [0.2, 0.25) is 0 Å². The molecule has 2 heterocycles. The molecule has 1 aliphatic carbocycles. The van der Waals surface area contributed by atoms with Gasteiger partial charge < -0.3 is 15.5 Å². The van der Waals surface area contributed by atoms with Crippen molar-refractivity contribution in [2.45, 2.75) is 55.6 Å². The Morgan fingerprint density at radius 3 is 2.47 bits per heavy atom. The Hall–Kier alpha value is -2.44. The fourth-order valence-electron chi connectivity index (χ4n) is 4.10. The summed E-state index contributed by atoms with van der Waals surface area (Å²) in [7, 11) is 0. The summed E-state index contributed by atoms with van der Waals surface area (Å²) in [5, 5.41) is 9.39. The number of para-hydroxylation sites is 1. The smallest absolute Gasteiger partial charge is 0.132 e. The molecule has 0 aliphatic heterocycles. The van der Waals surface area contributed by atoms with Crippen LogP contribution in [0.2, 0.25) is 5.15 Å². The molecule has 2 N–H and O–H groups in total. The minimum absolute atomic E-state index is 0.498. The summed E-state index contributed by atoms with van der Waals surface area (Å²) in [5.74, 6) is 0. The van der Waals surface area contributed by atoms with Crippen LogP contribution in [0.4, 0.5) is 22.7 Å². The van der Waals surface area contributed by atoms with Crippen LogP contribution in [0.25, 0.3) is 0 Å². The van der Waals surface area contributed by atoms with Crippen molar-refractivity contribution < 1.29 is 0 Å². The number of hydrogen-bond donors (Lipinski definition) is 2. The maximum atomic E-state index is 6.34. The molecule has 0 radical (unpaired) electrons. The van der Waals surface area contributed by atoms with E-state index in [4.69, 9.17) is 16.6 Å². The van der Waals surface area contributed by atoms with Crippen LogP contribution in [0.3, 0.4) is 0 Å². The monoisotopic (exact) mass is 467 g/mol. The van der Waals surface area contributed by atoms with E-state index in [1.165, 1.54) is 37.4 Å². The van der Waals surface area contributed by atoms with Crippen molar-refractivity contribution in [1.82, 2.24) is 9.97 Å². The zero-order valence-electron chi connectivity index (χ0n) is 18.6. The number of anilines is 4. The Labute approximate surface area is 200 Å². The fraction of sp³-hybridized carbons (Fsp3) is 0.360. The zero-order chi connectivity index (χ0) is 22.3. The largest absolute Gasteiger partial charge is 0.382 e.